The zero-order valence-electron chi connectivity index (χ0n) is 13.5. The van der Waals surface area contributed by atoms with Crippen LogP contribution in [-0.4, -0.2) is 36.2 Å². The first-order chi connectivity index (χ1) is 10.9. The van der Waals surface area contributed by atoms with Gasteiger partial charge in [0.2, 0.25) is 0 Å². The number of phenols is 1. The molecule has 0 amide bonds. The lowest BCUT2D eigenvalue weighted by molar-refractivity contribution is -0.139. The lowest BCUT2D eigenvalue weighted by atomic mass is 9.93. The molecule has 0 aliphatic carbocycles. The average Bonchev–Trinajstić information content (AvgIpc) is 2.51. The fourth-order valence-electron chi connectivity index (χ4n) is 2.94. The molecule has 0 saturated carbocycles. The average molecular weight is 405 g/mol. The molecule has 0 spiro atoms. The second-order valence-corrected chi connectivity index (χ2v) is 5.52. The van der Waals surface area contributed by atoms with Gasteiger partial charge in [0.1, 0.15) is 0 Å². The Morgan fingerprint density at radius 1 is 1.24 bits per heavy atom. The van der Waals surface area contributed by atoms with Crippen molar-refractivity contribution in [3.8, 4) is 5.75 Å². The van der Waals surface area contributed by atoms with Gasteiger partial charge in [0.25, 0.3) is 0 Å². The maximum atomic E-state index is 13.7. The van der Waals surface area contributed by atoms with E-state index >= 15 is 0 Å². The Morgan fingerprint density at radius 3 is 2.36 bits per heavy atom. The van der Waals surface area contributed by atoms with Crippen molar-refractivity contribution in [2.45, 2.75) is 25.1 Å². The molecule has 1 atom stereocenters. The van der Waals surface area contributed by atoms with Gasteiger partial charge in [0.05, 0.1) is 5.56 Å². The molecule has 0 bridgehead atoms. The van der Waals surface area contributed by atoms with Gasteiger partial charge in [0, 0.05) is 37.8 Å². The largest absolute Gasteiger partial charge is 0.505 e. The lowest BCUT2D eigenvalue weighted by Gasteiger charge is -2.36. The van der Waals surface area contributed by atoms with Gasteiger partial charge in [-0.15, -0.1) is 31.4 Å². The smallest absolute Gasteiger partial charge is 0.416 e. The summed E-state index contributed by atoms with van der Waals surface area (Å²) in [5.41, 5.74) is -1.36. The van der Waals surface area contributed by atoms with Gasteiger partial charge < -0.3 is 10.4 Å². The summed E-state index contributed by atoms with van der Waals surface area (Å²) < 4.78 is 53.7. The molecule has 2 rings (SSSR count). The number of halogens is 6. The van der Waals surface area contributed by atoms with Gasteiger partial charge in [0.15, 0.2) is 11.6 Å². The van der Waals surface area contributed by atoms with E-state index in [0.717, 1.165) is 0 Å². The van der Waals surface area contributed by atoms with E-state index in [1.807, 2.05) is 4.90 Å². The number of phenolic OH excluding ortho intramolecular Hbond substituents is 1. The molecule has 9 heteroatoms. The van der Waals surface area contributed by atoms with E-state index in [-0.39, 0.29) is 30.4 Å². The van der Waals surface area contributed by atoms with Crippen LogP contribution in [0.3, 0.4) is 0 Å². The molecular weight excluding hydrogens is 383 g/mol. The predicted octanol–water partition coefficient (Wildman–Crippen LogP) is 4.31. The standard InChI is InChI=1S/C16H20F4N2O.2ClH/c1-2-3-4-13(22-9-7-21-8-10-22)14-11(16(18,19)20)5-6-12(17)15(14)23;;/h2,5-6,13,21,23H,1,3-4,7-10H2;2*1H/t13-;;/m0../s1. The Balaban J connectivity index is 0.00000288. The highest BCUT2D eigenvalue weighted by atomic mass is 35.5. The summed E-state index contributed by atoms with van der Waals surface area (Å²) in [5, 5.41) is 13.1. The Kier molecular flexibility index (Phi) is 9.79. The van der Waals surface area contributed by atoms with Crippen LogP contribution in [-0.2, 0) is 6.18 Å². The third kappa shape index (κ3) is 5.74. The summed E-state index contributed by atoms with van der Waals surface area (Å²) in [6, 6.07) is 0.653. The second kappa shape index (κ2) is 10.2. The molecule has 1 aromatic carbocycles. The van der Waals surface area contributed by atoms with Crippen molar-refractivity contribution in [1.82, 2.24) is 10.2 Å². The van der Waals surface area contributed by atoms with Gasteiger partial charge in [-0.05, 0) is 25.0 Å². The molecule has 1 aromatic rings. The van der Waals surface area contributed by atoms with Crippen LogP contribution < -0.4 is 5.32 Å². The topological polar surface area (TPSA) is 35.5 Å². The Morgan fingerprint density at radius 2 is 1.84 bits per heavy atom. The van der Waals surface area contributed by atoms with E-state index in [1.165, 1.54) is 0 Å². The normalized spacial score (nSPS) is 16.5. The van der Waals surface area contributed by atoms with Crippen LogP contribution in [0, 0.1) is 5.82 Å². The van der Waals surface area contributed by atoms with Crippen LogP contribution in [0.1, 0.15) is 30.0 Å². The van der Waals surface area contributed by atoms with Crippen LogP contribution in [0.4, 0.5) is 17.6 Å². The van der Waals surface area contributed by atoms with Gasteiger partial charge in [-0.3, -0.25) is 4.90 Å². The molecule has 0 aromatic heterocycles. The Bertz CT molecular complexity index is 564. The zero-order valence-corrected chi connectivity index (χ0v) is 15.1. The van der Waals surface area contributed by atoms with E-state index in [2.05, 4.69) is 11.9 Å². The van der Waals surface area contributed by atoms with Crippen LogP contribution >= 0.6 is 24.8 Å². The van der Waals surface area contributed by atoms with E-state index in [4.69, 9.17) is 0 Å². The van der Waals surface area contributed by atoms with Crippen molar-refractivity contribution in [3.05, 3.63) is 41.7 Å². The van der Waals surface area contributed by atoms with Crippen LogP contribution in [0.25, 0.3) is 0 Å². The molecule has 3 nitrogen and oxygen atoms in total. The summed E-state index contributed by atoms with van der Waals surface area (Å²) in [5.74, 6) is -1.95. The molecule has 2 N–H and O–H groups in total. The van der Waals surface area contributed by atoms with Crippen LogP contribution in [0.2, 0.25) is 0 Å². The van der Waals surface area contributed by atoms with Crippen molar-refractivity contribution in [1.29, 1.82) is 0 Å². The summed E-state index contributed by atoms with van der Waals surface area (Å²) in [4.78, 5) is 1.85. The summed E-state index contributed by atoms with van der Waals surface area (Å²) >= 11 is 0. The van der Waals surface area contributed by atoms with Crippen molar-refractivity contribution in [2.24, 2.45) is 0 Å². The van der Waals surface area contributed by atoms with Gasteiger partial charge >= 0.3 is 6.18 Å². The highest BCUT2D eigenvalue weighted by Gasteiger charge is 2.39. The number of allylic oxidation sites excluding steroid dienone is 1. The van der Waals surface area contributed by atoms with Crippen molar-refractivity contribution < 1.29 is 22.7 Å². The SMILES string of the molecule is C=CCC[C@@H](c1c(C(F)(F)F)ccc(F)c1O)N1CCNCC1.Cl.Cl. The summed E-state index contributed by atoms with van der Waals surface area (Å²) in [6.45, 7) is 5.95. The monoisotopic (exact) mass is 404 g/mol. The van der Waals surface area contributed by atoms with Gasteiger partial charge in [-0.25, -0.2) is 4.39 Å². The molecule has 25 heavy (non-hydrogen) atoms. The van der Waals surface area contributed by atoms with E-state index in [9.17, 15) is 22.7 Å². The molecule has 0 radical (unpaired) electrons. The predicted molar refractivity (Wildman–Crippen MR) is 94.2 cm³/mol. The van der Waals surface area contributed by atoms with Crippen molar-refractivity contribution >= 4 is 24.8 Å². The highest BCUT2D eigenvalue weighted by Crippen LogP contribution is 2.43. The number of piperazine rings is 1. The van der Waals surface area contributed by atoms with Crippen molar-refractivity contribution in [2.75, 3.05) is 26.2 Å². The molecule has 1 aliphatic heterocycles. The number of aromatic hydroxyl groups is 1. The minimum Gasteiger partial charge on any atom is -0.505 e. The number of rotatable bonds is 5. The first-order valence-corrected chi connectivity index (χ1v) is 7.50. The Labute approximate surface area is 156 Å². The fraction of sp³-hybridized carbons (Fsp3) is 0.500. The van der Waals surface area contributed by atoms with Crippen molar-refractivity contribution in [3.63, 3.8) is 0 Å². The summed E-state index contributed by atoms with van der Waals surface area (Å²) in [7, 11) is 0. The van der Waals surface area contributed by atoms with Gasteiger partial charge in [-0.1, -0.05) is 6.08 Å². The van der Waals surface area contributed by atoms with E-state index < -0.39 is 29.3 Å². The third-order valence-electron chi connectivity index (χ3n) is 4.04. The van der Waals surface area contributed by atoms with E-state index in [1.54, 1.807) is 6.08 Å². The first-order valence-electron chi connectivity index (χ1n) is 7.50. The lowest BCUT2D eigenvalue weighted by Crippen LogP contribution is -2.45. The number of alkyl halides is 3. The zero-order chi connectivity index (χ0) is 17.0. The van der Waals surface area contributed by atoms with Gasteiger partial charge in [-0.2, -0.15) is 13.2 Å². The van der Waals surface area contributed by atoms with Crippen LogP contribution in [0.15, 0.2) is 24.8 Å². The first kappa shape index (κ1) is 24.0. The molecule has 144 valence electrons. The summed E-state index contributed by atoms with van der Waals surface area (Å²) in [6.07, 6.45) is -2.23. The number of hydrogen-bond acceptors (Lipinski definition) is 3. The molecule has 0 unspecified atom stereocenters. The maximum absolute atomic E-state index is 13.7. The minimum absolute atomic E-state index is 0. The van der Waals surface area contributed by atoms with Crippen LogP contribution in [0.5, 0.6) is 5.75 Å². The number of hydrogen-bond donors (Lipinski definition) is 2. The number of benzene rings is 1. The van der Waals surface area contributed by atoms with E-state index in [0.29, 0.717) is 51.2 Å². The molecule has 1 aliphatic rings. The number of nitrogens with one attached hydrogen (secondary N) is 1. The second-order valence-electron chi connectivity index (χ2n) is 5.52. The molecule has 1 fully saturated rings. The molecular formula is C16H22Cl2F4N2O. The molecule has 1 heterocycles. The highest BCUT2D eigenvalue weighted by molar-refractivity contribution is 5.85. The third-order valence-corrected chi connectivity index (χ3v) is 4.04. The Hall–Kier alpha value is -1.02. The minimum atomic E-state index is -4.65. The fourth-order valence-corrected chi connectivity index (χ4v) is 2.94. The quantitative estimate of drug-likeness (QED) is 0.566. The maximum Gasteiger partial charge on any atom is 0.416 e. The number of nitrogens with zero attached hydrogens (tertiary/aromatic N) is 1. The molecule has 1 saturated heterocycles.